The van der Waals surface area contributed by atoms with Crippen molar-refractivity contribution in [1.82, 2.24) is 5.32 Å². The maximum atomic E-state index is 12.9. The van der Waals surface area contributed by atoms with Crippen LogP contribution >= 0.6 is 0 Å². The van der Waals surface area contributed by atoms with Crippen molar-refractivity contribution in [3.63, 3.8) is 0 Å². The number of rotatable bonds is 7. The van der Waals surface area contributed by atoms with Gasteiger partial charge in [0.05, 0.1) is 6.61 Å². The van der Waals surface area contributed by atoms with Crippen molar-refractivity contribution in [2.45, 2.75) is 39.7 Å². The molecule has 1 rings (SSSR count). The molecule has 1 aromatic rings. The normalized spacial score (nSPS) is 13.5. The van der Waals surface area contributed by atoms with Crippen LogP contribution in [0.15, 0.2) is 24.3 Å². The van der Waals surface area contributed by atoms with Crippen molar-refractivity contribution in [1.29, 1.82) is 0 Å². The van der Waals surface area contributed by atoms with Crippen LogP contribution in [0.25, 0.3) is 0 Å². The van der Waals surface area contributed by atoms with Crippen molar-refractivity contribution in [2.75, 3.05) is 19.8 Å². The number of benzene rings is 1. The Balaban J connectivity index is 2.55. The lowest BCUT2D eigenvalue weighted by molar-refractivity contribution is 0.107. The number of ether oxygens (including phenoxy) is 1. The summed E-state index contributed by atoms with van der Waals surface area (Å²) in [5.41, 5.74) is 1.26. The van der Waals surface area contributed by atoms with E-state index in [-0.39, 0.29) is 11.4 Å². The molecule has 0 saturated heterocycles. The summed E-state index contributed by atoms with van der Waals surface area (Å²) in [6, 6.07) is 6.74. The van der Waals surface area contributed by atoms with Gasteiger partial charge in [-0.2, -0.15) is 0 Å². The molecule has 1 atom stereocenters. The monoisotopic (exact) mass is 267 g/mol. The molecular formula is C16H26FNO. The van der Waals surface area contributed by atoms with Crippen LogP contribution in [-0.2, 0) is 11.2 Å². The summed E-state index contributed by atoms with van der Waals surface area (Å²) in [5, 5.41) is 3.51. The van der Waals surface area contributed by atoms with Gasteiger partial charge in [0.2, 0.25) is 0 Å². The predicted octanol–water partition coefficient (Wildman–Crippen LogP) is 3.41. The van der Waals surface area contributed by atoms with Gasteiger partial charge in [0, 0.05) is 18.7 Å². The second kappa shape index (κ2) is 7.61. The highest BCUT2D eigenvalue weighted by atomic mass is 19.1. The molecule has 0 bridgehead atoms. The first-order valence-corrected chi connectivity index (χ1v) is 6.98. The average Bonchev–Trinajstić information content (AvgIpc) is 2.34. The first-order valence-electron chi connectivity index (χ1n) is 6.98. The fourth-order valence-electron chi connectivity index (χ4n) is 1.88. The second-order valence-electron chi connectivity index (χ2n) is 5.99. The highest BCUT2D eigenvalue weighted by molar-refractivity contribution is 5.16. The smallest absolute Gasteiger partial charge is 0.123 e. The zero-order chi connectivity index (χ0) is 14.3. The Morgan fingerprint density at radius 2 is 1.84 bits per heavy atom. The van der Waals surface area contributed by atoms with Crippen molar-refractivity contribution in [2.24, 2.45) is 5.92 Å². The summed E-state index contributed by atoms with van der Waals surface area (Å²) in [7, 11) is 0. The Labute approximate surface area is 116 Å². The molecule has 1 N–H and O–H groups in total. The van der Waals surface area contributed by atoms with Gasteiger partial charge in [0.15, 0.2) is 0 Å². The minimum atomic E-state index is -0.182. The summed E-state index contributed by atoms with van der Waals surface area (Å²) in [6.07, 6.45) is 0.906. The molecule has 1 aromatic carbocycles. The molecule has 1 unspecified atom stereocenters. The maximum absolute atomic E-state index is 12.9. The summed E-state index contributed by atoms with van der Waals surface area (Å²) in [5.74, 6) is 0.225. The molecule has 0 amide bonds. The highest BCUT2D eigenvalue weighted by Crippen LogP contribution is 2.11. The van der Waals surface area contributed by atoms with Crippen LogP contribution in [0.2, 0.25) is 0 Å². The zero-order valence-corrected chi connectivity index (χ0v) is 12.5. The lowest BCUT2D eigenvalue weighted by Gasteiger charge is -2.25. The van der Waals surface area contributed by atoms with Crippen molar-refractivity contribution < 1.29 is 9.13 Å². The largest absolute Gasteiger partial charge is 0.381 e. The molecule has 0 aliphatic heterocycles. The van der Waals surface area contributed by atoms with Crippen LogP contribution in [0.4, 0.5) is 4.39 Å². The Hall–Kier alpha value is -0.930. The molecular weight excluding hydrogens is 241 g/mol. The van der Waals surface area contributed by atoms with E-state index in [1.54, 1.807) is 0 Å². The average molecular weight is 267 g/mol. The fourth-order valence-corrected chi connectivity index (χ4v) is 1.88. The third-order valence-electron chi connectivity index (χ3n) is 2.92. The number of nitrogens with one attached hydrogen (secondary N) is 1. The Morgan fingerprint density at radius 1 is 1.21 bits per heavy atom. The third-order valence-corrected chi connectivity index (χ3v) is 2.92. The standard InChI is InChI=1S/C16H26FNO/c1-5-19-12-14(11-18-16(2,3)4)10-13-6-8-15(17)9-7-13/h6-9,14,18H,5,10-12H2,1-4H3. The third kappa shape index (κ3) is 7.28. The minimum absolute atomic E-state index is 0.104. The van der Waals surface area contributed by atoms with E-state index in [2.05, 4.69) is 26.1 Å². The summed E-state index contributed by atoms with van der Waals surface area (Å²) < 4.78 is 18.4. The molecule has 0 aliphatic carbocycles. The lowest BCUT2D eigenvalue weighted by Crippen LogP contribution is -2.40. The maximum Gasteiger partial charge on any atom is 0.123 e. The molecule has 0 spiro atoms. The SMILES string of the molecule is CCOCC(CNC(C)(C)C)Cc1ccc(F)cc1. The van der Waals surface area contributed by atoms with E-state index in [9.17, 15) is 4.39 Å². The number of hydrogen-bond acceptors (Lipinski definition) is 2. The van der Waals surface area contributed by atoms with Crippen LogP contribution < -0.4 is 5.32 Å². The Bertz CT molecular complexity index is 356. The van der Waals surface area contributed by atoms with Crippen molar-refractivity contribution in [3.8, 4) is 0 Å². The van der Waals surface area contributed by atoms with Crippen LogP contribution in [0, 0.1) is 11.7 Å². The van der Waals surface area contributed by atoms with E-state index >= 15 is 0 Å². The van der Waals surface area contributed by atoms with Crippen LogP contribution in [-0.4, -0.2) is 25.3 Å². The molecule has 108 valence electrons. The van der Waals surface area contributed by atoms with Gasteiger partial charge >= 0.3 is 0 Å². The van der Waals surface area contributed by atoms with Crippen LogP contribution in [0.5, 0.6) is 0 Å². The topological polar surface area (TPSA) is 21.3 Å². The number of hydrogen-bond donors (Lipinski definition) is 1. The van der Waals surface area contributed by atoms with Crippen molar-refractivity contribution >= 4 is 0 Å². The van der Waals surface area contributed by atoms with Gasteiger partial charge in [-0.1, -0.05) is 12.1 Å². The first-order chi connectivity index (χ1) is 8.90. The molecule has 0 aliphatic rings. The van der Waals surface area contributed by atoms with Gasteiger partial charge in [-0.25, -0.2) is 4.39 Å². The van der Waals surface area contributed by atoms with Crippen LogP contribution in [0.3, 0.4) is 0 Å². The van der Waals surface area contributed by atoms with Crippen molar-refractivity contribution in [3.05, 3.63) is 35.6 Å². The quantitative estimate of drug-likeness (QED) is 0.817. The zero-order valence-electron chi connectivity index (χ0n) is 12.5. The van der Waals surface area contributed by atoms with Crippen LogP contribution in [0.1, 0.15) is 33.3 Å². The first kappa shape index (κ1) is 16.1. The van der Waals surface area contributed by atoms with Gasteiger partial charge in [0.1, 0.15) is 5.82 Å². The second-order valence-corrected chi connectivity index (χ2v) is 5.99. The van der Waals surface area contributed by atoms with Gasteiger partial charge in [-0.3, -0.25) is 0 Å². The van der Waals surface area contributed by atoms with Gasteiger partial charge in [0.25, 0.3) is 0 Å². The van der Waals surface area contributed by atoms with E-state index < -0.39 is 0 Å². The molecule has 0 fully saturated rings. The molecule has 0 aromatic heterocycles. The Morgan fingerprint density at radius 3 is 2.37 bits per heavy atom. The van der Waals surface area contributed by atoms with E-state index in [0.29, 0.717) is 5.92 Å². The fraction of sp³-hybridized carbons (Fsp3) is 0.625. The molecule has 0 radical (unpaired) electrons. The minimum Gasteiger partial charge on any atom is -0.381 e. The predicted molar refractivity (Wildman–Crippen MR) is 77.8 cm³/mol. The summed E-state index contributed by atoms with van der Waals surface area (Å²) >= 11 is 0. The molecule has 19 heavy (non-hydrogen) atoms. The summed E-state index contributed by atoms with van der Waals surface area (Å²) in [4.78, 5) is 0. The Kier molecular flexibility index (Phi) is 6.46. The van der Waals surface area contributed by atoms with Gasteiger partial charge in [-0.05, 0) is 57.7 Å². The van der Waals surface area contributed by atoms with E-state index in [1.807, 2.05) is 19.1 Å². The van der Waals surface area contributed by atoms with E-state index in [0.717, 1.165) is 31.7 Å². The van der Waals surface area contributed by atoms with Gasteiger partial charge in [-0.15, -0.1) is 0 Å². The lowest BCUT2D eigenvalue weighted by atomic mass is 9.98. The van der Waals surface area contributed by atoms with E-state index in [4.69, 9.17) is 4.74 Å². The molecule has 0 heterocycles. The highest BCUT2D eigenvalue weighted by Gasteiger charge is 2.15. The molecule has 3 heteroatoms. The molecule has 0 saturated carbocycles. The van der Waals surface area contributed by atoms with E-state index in [1.165, 1.54) is 12.1 Å². The van der Waals surface area contributed by atoms with Gasteiger partial charge < -0.3 is 10.1 Å². The molecule has 2 nitrogen and oxygen atoms in total. The number of halogens is 1. The summed E-state index contributed by atoms with van der Waals surface area (Å²) in [6.45, 7) is 10.8.